The first kappa shape index (κ1) is 16.9. The van der Waals surface area contributed by atoms with Crippen LogP contribution in [-0.2, 0) is 23.2 Å². The number of carbonyl (C=O) groups excluding carboxylic acids is 1. The van der Waals surface area contributed by atoms with Crippen molar-refractivity contribution >= 4 is 5.91 Å². The number of halogens is 1. The summed E-state index contributed by atoms with van der Waals surface area (Å²) in [5, 5.41) is 0. The van der Waals surface area contributed by atoms with Gasteiger partial charge in [0.05, 0.1) is 23.2 Å². The van der Waals surface area contributed by atoms with E-state index in [0.717, 1.165) is 36.9 Å². The first-order chi connectivity index (χ1) is 12.5. The summed E-state index contributed by atoms with van der Waals surface area (Å²) < 4.78 is 13.8. The first-order valence-electron chi connectivity index (χ1n) is 9.14. The van der Waals surface area contributed by atoms with Gasteiger partial charge in [0.15, 0.2) is 0 Å². The summed E-state index contributed by atoms with van der Waals surface area (Å²) in [5.41, 5.74) is 1.26. The highest BCUT2D eigenvalue weighted by Crippen LogP contribution is 2.43. The minimum atomic E-state index is -0.676. The quantitative estimate of drug-likeness (QED) is 0.901. The molecule has 0 spiro atoms. The molecule has 136 valence electrons. The van der Waals surface area contributed by atoms with Gasteiger partial charge in [0.2, 0.25) is 5.91 Å². The number of nitrogens with zero attached hydrogens (tertiary/aromatic N) is 2. The van der Waals surface area contributed by atoms with Gasteiger partial charge in [0, 0.05) is 13.0 Å². The number of hydrogen-bond acceptors (Lipinski definition) is 3. The van der Waals surface area contributed by atoms with E-state index < -0.39 is 5.41 Å². The van der Waals surface area contributed by atoms with E-state index in [2.05, 4.69) is 9.97 Å². The summed E-state index contributed by atoms with van der Waals surface area (Å²) in [6, 6.07) is 6.41. The molecule has 1 aliphatic heterocycles. The largest absolute Gasteiger partial charge is 0.337 e. The average molecular weight is 355 g/mol. The summed E-state index contributed by atoms with van der Waals surface area (Å²) in [7, 11) is 0. The van der Waals surface area contributed by atoms with Crippen LogP contribution in [0.25, 0.3) is 0 Å². The molecule has 1 aromatic carbocycles. The van der Waals surface area contributed by atoms with Crippen molar-refractivity contribution in [3.8, 4) is 0 Å². The minimum absolute atomic E-state index is 0.00576. The number of amides is 1. The van der Waals surface area contributed by atoms with Crippen LogP contribution in [0, 0.1) is 12.7 Å². The molecule has 26 heavy (non-hydrogen) atoms. The lowest BCUT2D eigenvalue weighted by molar-refractivity contribution is -0.138. The molecule has 0 radical (unpaired) electrons. The zero-order valence-electron chi connectivity index (χ0n) is 14.8. The zero-order valence-corrected chi connectivity index (χ0v) is 14.8. The van der Waals surface area contributed by atoms with Gasteiger partial charge in [-0.1, -0.05) is 25.0 Å². The number of fused-ring (bicyclic) bond motifs is 1. The number of aromatic nitrogens is 2. The normalized spacial score (nSPS) is 18.6. The van der Waals surface area contributed by atoms with Gasteiger partial charge in [-0.25, -0.2) is 9.37 Å². The number of nitrogens with one attached hydrogen (secondary N) is 1. The van der Waals surface area contributed by atoms with Crippen LogP contribution in [0.2, 0.25) is 0 Å². The van der Waals surface area contributed by atoms with Crippen LogP contribution in [0.1, 0.15) is 48.3 Å². The van der Waals surface area contributed by atoms with Gasteiger partial charge in [0.1, 0.15) is 11.6 Å². The van der Waals surface area contributed by atoms with Crippen molar-refractivity contribution in [2.45, 2.75) is 51.0 Å². The molecule has 0 unspecified atom stereocenters. The smallest absolute Gasteiger partial charge is 0.256 e. The van der Waals surface area contributed by atoms with E-state index in [1.54, 1.807) is 17.9 Å². The Morgan fingerprint density at radius 1 is 1.31 bits per heavy atom. The highest BCUT2D eigenvalue weighted by Gasteiger charge is 2.45. The molecule has 2 aromatic rings. The van der Waals surface area contributed by atoms with Gasteiger partial charge in [0.25, 0.3) is 5.56 Å². The molecule has 0 bridgehead atoms. The van der Waals surface area contributed by atoms with Crippen molar-refractivity contribution in [1.29, 1.82) is 0 Å². The van der Waals surface area contributed by atoms with Crippen molar-refractivity contribution in [2.75, 3.05) is 6.54 Å². The molecule has 1 aliphatic carbocycles. The lowest BCUT2D eigenvalue weighted by Crippen LogP contribution is -2.48. The summed E-state index contributed by atoms with van der Waals surface area (Å²) >= 11 is 0. The predicted molar refractivity (Wildman–Crippen MR) is 95.3 cm³/mol. The maximum Gasteiger partial charge on any atom is 0.256 e. The number of H-pyrrole nitrogens is 1. The van der Waals surface area contributed by atoms with Crippen LogP contribution in [0.5, 0.6) is 0 Å². The molecule has 0 saturated heterocycles. The fourth-order valence-electron chi connectivity index (χ4n) is 4.42. The molecule has 5 nitrogen and oxygen atoms in total. The monoisotopic (exact) mass is 355 g/mol. The molecule has 1 saturated carbocycles. The molecule has 4 rings (SSSR count). The molecule has 0 atom stereocenters. The van der Waals surface area contributed by atoms with Crippen LogP contribution in [0.3, 0.4) is 0 Å². The Labute approximate surface area is 151 Å². The molecular formula is C20H22FN3O2. The molecule has 1 amide bonds. The molecule has 2 aliphatic rings. The third kappa shape index (κ3) is 2.73. The Balaban J connectivity index is 1.69. The predicted octanol–water partition coefficient (Wildman–Crippen LogP) is 2.61. The molecule has 6 heteroatoms. The van der Waals surface area contributed by atoms with E-state index in [0.29, 0.717) is 24.4 Å². The lowest BCUT2D eigenvalue weighted by atomic mass is 9.77. The highest BCUT2D eigenvalue weighted by atomic mass is 19.1. The highest BCUT2D eigenvalue weighted by molar-refractivity contribution is 5.89. The Hall–Kier alpha value is -2.50. The Kier molecular flexibility index (Phi) is 4.13. The molecule has 1 aromatic heterocycles. The van der Waals surface area contributed by atoms with Gasteiger partial charge in [-0.15, -0.1) is 0 Å². The van der Waals surface area contributed by atoms with Gasteiger partial charge in [-0.3, -0.25) is 9.59 Å². The number of benzene rings is 1. The van der Waals surface area contributed by atoms with Crippen LogP contribution >= 0.6 is 0 Å². The van der Waals surface area contributed by atoms with Crippen molar-refractivity contribution < 1.29 is 9.18 Å². The van der Waals surface area contributed by atoms with E-state index in [1.807, 2.05) is 6.07 Å². The number of carbonyl (C=O) groups is 1. The second-order valence-corrected chi connectivity index (χ2v) is 7.35. The van der Waals surface area contributed by atoms with Crippen molar-refractivity contribution in [3.63, 3.8) is 0 Å². The van der Waals surface area contributed by atoms with Crippen LogP contribution in [-0.4, -0.2) is 27.3 Å². The number of aromatic amines is 1. The number of rotatable bonds is 2. The second-order valence-electron chi connectivity index (χ2n) is 7.35. The number of hydrogen-bond donors (Lipinski definition) is 1. The SMILES string of the molecule is Cc1nc2c(c(=O)[nH]1)CN(C(=O)C1(c3cccc(F)c3)CCCC1)CC2. The second kappa shape index (κ2) is 6.34. The average Bonchev–Trinajstić information content (AvgIpc) is 3.12. The molecule has 1 fully saturated rings. The molecular weight excluding hydrogens is 333 g/mol. The topological polar surface area (TPSA) is 66.1 Å². The summed E-state index contributed by atoms with van der Waals surface area (Å²) in [4.78, 5) is 34.7. The summed E-state index contributed by atoms with van der Waals surface area (Å²) in [6.07, 6.45) is 3.93. The van der Waals surface area contributed by atoms with Crippen molar-refractivity contribution in [1.82, 2.24) is 14.9 Å². The Morgan fingerprint density at radius 3 is 2.81 bits per heavy atom. The van der Waals surface area contributed by atoms with E-state index in [1.165, 1.54) is 12.1 Å². The molecule has 1 N–H and O–H groups in total. The van der Waals surface area contributed by atoms with Gasteiger partial charge >= 0.3 is 0 Å². The molecule has 2 heterocycles. The van der Waals surface area contributed by atoms with Crippen molar-refractivity contribution in [2.24, 2.45) is 0 Å². The summed E-state index contributed by atoms with van der Waals surface area (Å²) in [6.45, 7) is 2.57. The fraction of sp³-hybridized carbons (Fsp3) is 0.450. The third-order valence-corrected chi connectivity index (χ3v) is 5.72. The van der Waals surface area contributed by atoms with Crippen LogP contribution in [0.15, 0.2) is 29.1 Å². The first-order valence-corrected chi connectivity index (χ1v) is 9.14. The van der Waals surface area contributed by atoms with Crippen LogP contribution < -0.4 is 5.56 Å². The van der Waals surface area contributed by atoms with E-state index in [-0.39, 0.29) is 23.8 Å². The van der Waals surface area contributed by atoms with Crippen LogP contribution in [0.4, 0.5) is 4.39 Å². The zero-order chi connectivity index (χ0) is 18.3. The fourth-order valence-corrected chi connectivity index (χ4v) is 4.42. The van der Waals surface area contributed by atoms with E-state index in [4.69, 9.17) is 0 Å². The minimum Gasteiger partial charge on any atom is -0.337 e. The maximum atomic E-state index is 13.8. The van der Waals surface area contributed by atoms with Crippen molar-refractivity contribution in [3.05, 3.63) is 63.1 Å². The van der Waals surface area contributed by atoms with Gasteiger partial charge in [-0.2, -0.15) is 0 Å². The maximum absolute atomic E-state index is 13.8. The number of aryl methyl sites for hydroxylation is 1. The summed E-state index contributed by atoms with van der Waals surface area (Å²) in [5.74, 6) is 0.286. The Bertz CT molecular complexity index is 916. The van der Waals surface area contributed by atoms with E-state index in [9.17, 15) is 14.0 Å². The standard InChI is InChI=1S/C20H22FN3O2/c1-13-22-17-7-10-24(12-16(17)18(25)23-13)19(26)20(8-2-3-9-20)14-5-4-6-15(21)11-14/h4-6,11H,2-3,7-10,12H2,1H3,(H,22,23,25). The van der Waals surface area contributed by atoms with Gasteiger partial charge in [-0.05, 0) is 37.5 Å². The van der Waals surface area contributed by atoms with E-state index >= 15 is 0 Å². The lowest BCUT2D eigenvalue weighted by Gasteiger charge is -2.37. The Morgan fingerprint density at radius 2 is 2.08 bits per heavy atom. The third-order valence-electron chi connectivity index (χ3n) is 5.72. The van der Waals surface area contributed by atoms with Gasteiger partial charge < -0.3 is 9.88 Å².